The van der Waals surface area contributed by atoms with Crippen LogP contribution in [-0.2, 0) is 23.4 Å². The number of rotatable bonds is 2. The summed E-state index contributed by atoms with van der Waals surface area (Å²) in [7, 11) is 2.81. The fourth-order valence-electron chi connectivity index (χ4n) is 4.61. The molecule has 0 unspecified atom stereocenters. The van der Waals surface area contributed by atoms with Gasteiger partial charge in [-0.25, -0.2) is 0 Å². The molecule has 0 radical (unpaired) electrons. The van der Waals surface area contributed by atoms with Crippen LogP contribution in [0.4, 0.5) is 0 Å². The van der Waals surface area contributed by atoms with Crippen molar-refractivity contribution in [2.45, 2.75) is 10.2 Å². The monoisotopic (exact) mass is 424 g/mol. The second-order valence-electron chi connectivity index (χ2n) is 6.71. The summed E-state index contributed by atoms with van der Waals surface area (Å²) in [5.41, 5.74) is 6.18. The number of methoxy groups -OCH3 is 2. The van der Waals surface area contributed by atoms with E-state index in [9.17, 15) is 9.59 Å². The molecule has 2 bridgehead atoms. The minimum absolute atomic E-state index is 0.175. The van der Waals surface area contributed by atoms with Crippen LogP contribution in [0.1, 0.15) is 28.2 Å². The Hall–Kier alpha value is -2.62. The van der Waals surface area contributed by atoms with Gasteiger partial charge in [-0.2, -0.15) is 0 Å². The van der Waals surface area contributed by atoms with Crippen LogP contribution in [0.2, 0.25) is 0 Å². The molecule has 4 nitrogen and oxygen atoms in total. The van der Waals surface area contributed by atoms with Gasteiger partial charge in [0.15, 0.2) is 0 Å². The second kappa shape index (κ2) is 5.69. The molecule has 134 valence electrons. The normalized spacial score (nSPS) is 23.9. The van der Waals surface area contributed by atoms with Crippen LogP contribution in [0.3, 0.4) is 0 Å². The van der Waals surface area contributed by atoms with Gasteiger partial charge in [0.2, 0.25) is 0 Å². The van der Waals surface area contributed by atoms with Crippen LogP contribution >= 0.6 is 0 Å². The van der Waals surface area contributed by atoms with Crippen molar-refractivity contribution in [3.63, 3.8) is 0 Å². The van der Waals surface area contributed by atoms with E-state index in [1.165, 1.54) is 25.3 Å². The van der Waals surface area contributed by atoms with Crippen LogP contribution < -0.4 is 0 Å². The van der Waals surface area contributed by atoms with E-state index in [0.29, 0.717) is 10.0 Å². The molecule has 0 fully saturated rings. The van der Waals surface area contributed by atoms with Crippen molar-refractivity contribution in [3.8, 4) is 0 Å². The summed E-state index contributed by atoms with van der Waals surface area (Å²) in [4.78, 5) is 25.2. The number of ether oxygens (including phenoxy) is 2. The Bertz CT molecular complexity index is 1030. The molecule has 1 aliphatic heterocycles. The zero-order valence-electron chi connectivity index (χ0n) is 14.8. The topological polar surface area (TPSA) is 52.6 Å². The number of carbonyl (C=O) groups excluding carboxylic acids is 2. The summed E-state index contributed by atoms with van der Waals surface area (Å²) in [6.45, 7) is 0. The molecule has 0 N–H and O–H groups in total. The predicted octanol–water partition coefficient (Wildman–Crippen LogP) is 2.63. The molecule has 3 aliphatic carbocycles. The van der Waals surface area contributed by atoms with E-state index in [2.05, 4.69) is 24.3 Å². The maximum atomic E-state index is 12.8. The van der Waals surface area contributed by atoms with Gasteiger partial charge in [-0.05, 0) is 0 Å². The minimum atomic E-state index is -0.484. The van der Waals surface area contributed by atoms with Crippen LogP contribution in [0.25, 0.3) is 0 Å². The summed E-state index contributed by atoms with van der Waals surface area (Å²) in [5, 5.41) is 0. The molecule has 6 rings (SSSR count). The van der Waals surface area contributed by atoms with E-state index >= 15 is 0 Å². The molecule has 0 saturated heterocycles. The summed E-state index contributed by atoms with van der Waals surface area (Å²) >= 11 is -0.244. The summed E-state index contributed by atoms with van der Waals surface area (Å²) in [5.74, 6) is -0.832. The Kier molecular flexibility index (Phi) is 3.48. The molecule has 0 aromatic heterocycles. The zero-order valence-corrected chi connectivity index (χ0v) is 16.5. The molecule has 1 heterocycles. The van der Waals surface area contributed by atoms with Gasteiger partial charge in [-0.3, -0.25) is 0 Å². The SMILES string of the molecule is COC(=O)C1=CC2=C(C(=O)OC)C3c4ccccc4C2([Se]1)c1ccccc13. The molecular formula is C22H16O4Se. The van der Waals surface area contributed by atoms with Crippen molar-refractivity contribution in [2.75, 3.05) is 14.2 Å². The molecule has 1 spiro atoms. The summed E-state index contributed by atoms with van der Waals surface area (Å²) in [6.07, 6.45) is 1.87. The standard InChI is InChI=1S/C22H16O4Se/c1-25-20(23)17-11-16-19(21(24)26-2)18-12-7-3-5-9-14(12)22(16,27-17)15-10-6-4-8-13(15)18/h3-11,18H,1-2H3. The van der Waals surface area contributed by atoms with Gasteiger partial charge >= 0.3 is 163 Å². The molecule has 2 aromatic rings. The van der Waals surface area contributed by atoms with E-state index in [0.717, 1.165) is 16.7 Å². The van der Waals surface area contributed by atoms with E-state index in [4.69, 9.17) is 9.47 Å². The number of allylic oxidation sites excluding steroid dienone is 2. The first kappa shape index (κ1) is 16.5. The molecule has 5 heteroatoms. The third kappa shape index (κ3) is 1.93. The molecule has 4 aliphatic rings. The molecule has 0 amide bonds. The first-order valence-corrected chi connectivity index (χ1v) is 10.4. The van der Waals surface area contributed by atoms with Gasteiger partial charge in [0.05, 0.1) is 0 Å². The quantitative estimate of drug-likeness (QED) is 0.551. The fourth-order valence-corrected chi connectivity index (χ4v) is 7.85. The van der Waals surface area contributed by atoms with Crippen molar-refractivity contribution < 1.29 is 19.1 Å². The summed E-state index contributed by atoms with van der Waals surface area (Å²) < 4.78 is 10.3. The van der Waals surface area contributed by atoms with E-state index < -0.39 is 4.31 Å². The van der Waals surface area contributed by atoms with Crippen LogP contribution in [0.5, 0.6) is 0 Å². The number of esters is 2. The molecular weight excluding hydrogens is 407 g/mol. The van der Waals surface area contributed by atoms with Gasteiger partial charge in [-0.15, -0.1) is 0 Å². The third-order valence-electron chi connectivity index (χ3n) is 5.59. The van der Waals surface area contributed by atoms with Crippen LogP contribution in [0.15, 0.2) is 70.2 Å². The summed E-state index contributed by atoms with van der Waals surface area (Å²) in [6, 6.07) is 16.5. The van der Waals surface area contributed by atoms with E-state index in [1.807, 2.05) is 30.3 Å². The van der Waals surface area contributed by atoms with Gasteiger partial charge in [0, 0.05) is 0 Å². The Morgan fingerprint density at radius 3 is 2.00 bits per heavy atom. The number of hydrogen-bond donors (Lipinski definition) is 0. The van der Waals surface area contributed by atoms with Crippen molar-refractivity contribution in [3.05, 3.63) is 92.5 Å². The molecule has 27 heavy (non-hydrogen) atoms. The fraction of sp³-hybridized carbons (Fsp3) is 0.182. The predicted molar refractivity (Wildman–Crippen MR) is 100 cm³/mol. The number of hydrogen-bond acceptors (Lipinski definition) is 4. The zero-order chi connectivity index (χ0) is 18.8. The first-order chi connectivity index (χ1) is 13.1. The maximum absolute atomic E-state index is 12.8. The van der Waals surface area contributed by atoms with Crippen molar-refractivity contribution in [1.82, 2.24) is 0 Å². The molecule has 0 atom stereocenters. The van der Waals surface area contributed by atoms with Crippen LogP contribution in [-0.4, -0.2) is 41.1 Å². The van der Waals surface area contributed by atoms with Gasteiger partial charge in [0.1, 0.15) is 0 Å². The average Bonchev–Trinajstić information content (AvgIpc) is 3.14. The molecule has 2 aromatic carbocycles. The number of benzene rings is 2. The Morgan fingerprint density at radius 1 is 0.889 bits per heavy atom. The first-order valence-electron chi connectivity index (χ1n) is 8.64. The van der Waals surface area contributed by atoms with Gasteiger partial charge in [-0.1, -0.05) is 0 Å². The van der Waals surface area contributed by atoms with Crippen molar-refractivity contribution >= 4 is 26.9 Å². The third-order valence-corrected chi connectivity index (χ3v) is 8.68. The van der Waals surface area contributed by atoms with Crippen molar-refractivity contribution in [1.29, 1.82) is 0 Å². The van der Waals surface area contributed by atoms with E-state index in [1.54, 1.807) is 0 Å². The second-order valence-corrected chi connectivity index (χ2v) is 9.35. The van der Waals surface area contributed by atoms with Crippen LogP contribution in [0, 0.1) is 0 Å². The number of carbonyl (C=O) groups is 2. The van der Waals surface area contributed by atoms with Gasteiger partial charge in [0.25, 0.3) is 0 Å². The van der Waals surface area contributed by atoms with Gasteiger partial charge < -0.3 is 0 Å². The van der Waals surface area contributed by atoms with E-state index in [-0.39, 0.29) is 32.8 Å². The molecule has 0 saturated carbocycles. The Balaban J connectivity index is 1.90. The Morgan fingerprint density at radius 2 is 1.44 bits per heavy atom. The average molecular weight is 423 g/mol. The van der Waals surface area contributed by atoms with Crippen molar-refractivity contribution in [2.24, 2.45) is 0 Å². The Labute approximate surface area is 163 Å².